The van der Waals surface area contributed by atoms with Crippen molar-refractivity contribution in [2.24, 2.45) is 0 Å². The molecule has 1 aromatic heterocycles. The molecule has 2 N–H and O–H groups in total. The smallest absolute Gasteiger partial charge is 0.361 e. The lowest BCUT2D eigenvalue weighted by molar-refractivity contribution is -0.125. The molecule has 0 unspecified atom stereocenters. The van der Waals surface area contributed by atoms with Crippen LogP contribution in [0.2, 0.25) is 0 Å². The molecule has 3 rings (SSSR count). The molecule has 0 radical (unpaired) electrons. The van der Waals surface area contributed by atoms with Gasteiger partial charge in [-0.15, -0.1) is 5.10 Å². The van der Waals surface area contributed by atoms with Crippen molar-refractivity contribution in [3.05, 3.63) is 77.4 Å². The first kappa shape index (κ1) is 19.7. The van der Waals surface area contributed by atoms with Gasteiger partial charge in [-0.3, -0.25) is 20.4 Å². The Kier molecular flexibility index (Phi) is 5.93. The predicted molar refractivity (Wildman–Crippen MR) is 98.4 cm³/mol. The summed E-state index contributed by atoms with van der Waals surface area (Å²) in [7, 11) is 0. The zero-order valence-electron chi connectivity index (χ0n) is 15.3. The molecule has 2 aromatic carbocycles. The van der Waals surface area contributed by atoms with Crippen molar-refractivity contribution in [1.29, 1.82) is 0 Å². The highest BCUT2D eigenvalue weighted by molar-refractivity contribution is 5.96. The maximum atomic E-state index is 13.5. The third-order valence-electron chi connectivity index (χ3n) is 3.73. The van der Waals surface area contributed by atoms with Gasteiger partial charge in [-0.25, -0.2) is 9.18 Å². The van der Waals surface area contributed by atoms with Crippen molar-refractivity contribution in [1.82, 2.24) is 25.8 Å². The minimum Gasteiger partial charge on any atom is -0.451 e. The number of carbonyl (C=O) groups excluding carboxylic acids is 3. The summed E-state index contributed by atoms with van der Waals surface area (Å²) in [5.41, 5.74) is 4.77. The van der Waals surface area contributed by atoms with Crippen LogP contribution in [0.25, 0.3) is 5.69 Å². The van der Waals surface area contributed by atoms with E-state index in [-0.39, 0.29) is 11.3 Å². The molecular formula is C19H16FN5O4. The van der Waals surface area contributed by atoms with E-state index in [2.05, 4.69) is 10.2 Å². The van der Waals surface area contributed by atoms with E-state index in [1.54, 1.807) is 31.2 Å². The molecule has 0 saturated heterocycles. The summed E-state index contributed by atoms with van der Waals surface area (Å²) in [5, 5.41) is 8.21. The highest BCUT2D eigenvalue weighted by Gasteiger charge is 2.19. The Morgan fingerprint density at radius 3 is 2.41 bits per heavy atom. The number of hydrazine groups is 1. The monoisotopic (exact) mass is 397 g/mol. The molecule has 9 nitrogen and oxygen atoms in total. The number of nitrogens with one attached hydrogen (secondary N) is 2. The van der Waals surface area contributed by atoms with Crippen LogP contribution in [0, 0.1) is 12.7 Å². The van der Waals surface area contributed by atoms with Gasteiger partial charge in [0.05, 0.1) is 16.9 Å². The number of aryl methyl sites for hydroxylation is 1. The van der Waals surface area contributed by atoms with Crippen LogP contribution in [0.4, 0.5) is 4.39 Å². The topological polar surface area (TPSA) is 115 Å². The summed E-state index contributed by atoms with van der Waals surface area (Å²) < 4.78 is 18.4. The van der Waals surface area contributed by atoms with Gasteiger partial charge in [-0.05, 0) is 31.2 Å². The standard InChI is InChI=1S/C19H16FN5O4/c1-12-17(24-25(23-12)13-7-3-2-4-8-13)19(28)29-11-16(26)21-22-18(27)14-9-5-6-10-15(14)20/h2-10H,11H2,1H3,(H,21,26)(H,22,27). The summed E-state index contributed by atoms with van der Waals surface area (Å²) in [5.74, 6) is -3.23. The predicted octanol–water partition coefficient (Wildman–Crippen LogP) is 1.33. The van der Waals surface area contributed by atoms with Crippen LogP contribution in [0.1, 0.15) is 26.5 Å². The van der Waals surface area contributed by atoms with Crippen LogP contribution >= 0.6 is 0 Å². The number of esters is 1. The quantitative estimate of drug-likeness (QED) is 0.496. The number of hydrogen-bond acceptors (Lipinski definition) is 6. The zero-order chi connectivity index (χ0) is 20.8. The Balaban J connectivity index is 1.53. The average Bonchev–Trinajstić information content (AvgIpc) is 3.13. The summed E-state index contributed by atoms with van der Waals surface area (Å²) in [6.45, 7) is 0.908. The number of benzene rings is 2. The molecule has 1 heterocycles. The first-order valence-electron chi connectivity index (χ1n) is 8.46. The molecule has 2 amide bonds. The fourth-order valence-electron chi connectivity index (χ4n) is 2.32. The first-order valence-corrected chi connectivity index (χ1v) is 8.46. The first-order chi connectivity index (χ1) is 14.0. The van der Waals surface area contributed by atoms with Gasteiger partial charge in [0.15, 0.2) is 12.3 Å². The fourth-order valence-corrected chi connectivity index (χ4v) is 2.32. The average molecular weight is 397 g/mol. The molecular weight excluding hydrogens is 381 g/mol. The Hall–Kier alpha value is -4.08. The summed E-state index contributed by atoms with van der Waals surface area (Å²) in [6, 6.07) is 14.2. The lowest BCUT2D eigenvalue weighted by Gasteiger charge is -2.08. The molecule has 0 bridgehead atoms. The van der Waals surface area contributed by atoms with Gasteiger partial charge < -0.3 is 4.74 Å². The molecule has 0 atom stereocenters. The van der Waals surface area contributed by atoms with Crippen LogP contribution in [-0.4, -0.2) is 39.4 Å². The van der Waals surface area contributed by atoms with Crippen molar-refractivity contribution in [3.8, 4) is 5.69 Å². The SMILES string of the molecule is Cc1nn(-c2ccccc2)nc1C(=O)OCC(=O)NNC(=O)c1ccccc1F. The molecule has 3 aromatic rings. The van der Waals surface area contributed by atoms with Crippen LogP contribution in [-0.2, 0) is 9.53 Å². The lowest BCUT2D eigenvalue weighted by Crippen LogP contribution is -2.43. The Bertz CT molecular complexity index is 1050. The summed E-state index contributed by atoms with van der Waals surface area (Å²) >= 11 is 0. The number of halogens is 1. The highest BCUT2D eigenvalue weighted by atomic mass is 19.1. The molecule has 0 saturated carbocycles. The van der Waals surface area contributed by atoms with Crippen LogP contribution < -0.4 is 10.9 Å². The minimum absolute atomic E-state index is 0.0444. The third kappa shape index (κ3) is 4.80. The second kappa shape index (κ2) is 8.74. The maximum Gasteiger partial charge on any atom is 0.361 e. The maximum absolute atomic E-state index is 13.5. The van der Waals surface area contributed by atoms with Crippen molar-refractivity contribution in [2.45, 2.75) is 6.92 Å². The number of para-hydroxylation sites is 1. The van der Waals surface area contributed by atoms with E-state index < -0.39 is 30.2 Å². The Morgan fingerprint density at radius 1 is 1.00 bits per heavy atom. The molecule has 148 valence electrons. The number of hydrogen-bond donors (Lipinski definition) is 2. The lowest BCUT2D eigenvalue weighted by atomic mass is 10.2. The van der Waals surface area contributed by atoms with E-state index in [1.165, 1.54) is 23.0 Å². The largest absolute Gasteiger partial charge is 0.451 e. The fraction of sp³-hybridized carbons (Fsp3) is 0.105. The van der Waals surface area contributed by atoms with Crippen molar-refractivity contribution in [3.63, 3.8) is 0 Å². The number of carbonyl (C=O) groups is 3. The number of ether oxygens (including phenoxy) is 1. The van der Waals surface area contributed by atoms with Crippen LogP contribution in [0.15, 0.2) is 54.6 Å². The van der Waals surface area contributed by atoms with Crippen molar-refractivity contribution >= 4 is 17.8 Å². The van der Waals surface area contributed by atoms with E-state index in [0.29, 0.717) is 11.4 Å². The molecule has 10 heteroatoms. The number of amides is 2. The molecule has 0 fully saturated rings. The molecule has 29 heavy (non-hydrogen) atoms. The number of aromatic nitrogens is 3. The molecule has 0 aliphatic rings. The van der Waals surface area contributed by atoms with Crippen LogP contribution in [0.5, 0.6) is 0 Å². The second-order valence-corrected chi connectivity index (χ2v) is 5.82. The highest BCUT2D eigenvalue weighted by Crippen LogP contribution is 2.09. The number of nitrogens with zero attached hydrogens (tertiary/aromatic N) is 3. The van der Waals surface area contributed by atoms with Crippen LogP contribution in [0.3, 0.4) is 0 Å². The number of rotatable bonds is 5. The van der Waals surface area contributed by atoms with E-state index in [0.717, 1.165) is 6.07 Å². The van der Waals surface area contributed by atoms with Gasteiger partial charge in [-0.2, -0.15) is 9.90 Å². The van der Waals surface area contributed by atoms with Crippen molar-refractivity contribution in [2.75, 3.05) is 6.61 Å². The van der Waals surface area contributed by atoms with E-state index in [1.807, 2.05) is 16.9 Å². The Morgan fingerprint density at radius 2 is 1.69 bits per heavy atom. The van der Waals surface area contributed by atoms with Gasteiger partial charge >= 0.3 is 5.97 Å². The molecule has 0 aliphatic carbocycles. The van der Waals surface area contributed by atoms with Gasteiger partial charge in [-0.1, -0.05) is 30.3 Å². The van der Waals surface area contributed by atoms with E-state index in [9.17, 15) is 18.8 Å². The van der Waals surface area contributed by atoms with Gasteiger partial charge in [0.1, 0.15) is 5.82 Å². The van der Waals surface area contributed by atoms with E-state index in [4.69, 9.17) is 4.74 Å². The second-order valence-electron chi connectivity index (χ2n) is 5.82. The molecule has 0 spiro atoms. The minimum atomic E-state index is -0.847. The van der Waals surface area contributed by atoms with Gasteiger partial charge in [0, 0.05) is 0 Å². The molecule has 0 aliphatic heterocycles. The van der Waals surface area contributed by atoms with Crippen molar-refractivity contribution < 1.29 is 23.5 Å². The third-order valence-corrected chi connectivity index (χ3v) is 3.73. The van der Waals surface area contributed by atoms with Gasteiger partial charge in [0.25, 0.3) is 11.8 Å². The normalized spacial score (nSPS) is 10.3. The van der Waals surface area contributed by atoms with Gasteiger partial charge in [0.2, 0.25) is 0 Å². The van der Waals surface area contributed by atoms with E-state index >= 15 is 0 Å². The zero-order valence-corrected chi connectivity index (χ0v) is 15.3. The Labute approximate surface area is 164 Å². The summed E-state index contributed by atoms with van der Waals surface area (Å²) in [4.78, 5) is 37.0. The summed E-state index contributed by atoms with van der Waals surface area (Å²) in [6.07, 6.45) is 0.